The molecule has 25 heavy (non-hydrogen) atoms. The lowest BCUT2D eigenvalue weighted by Crippen LogP contribution is -2.62. The molecule has 0 aliphatic carbocycles. The second-order valence-electron chi connectivity index (χ2n) is 7.26. The van der Waals surface area contributed by atoms with Crippen molar-refractivity contribution < 1.29 is 9.47 Å². The minimum Gasteiger partial charge on any atom is -0.497 e. The molecule has 0 atom stereocenters. The summed E-state index contributed by atoms with van der Waals surface area (Å²) >= 11 is 0. The van der Waals surface area contributed by atoms with E-state index in [1.165, 1.54) is 32.9 Å². The molecule has 0 N–H and O–H groups in total. The Morgan fingerprint density at radius 1 is 0.800 bits per heavy atom. The highest BCUT2D eigenvalue weighted by Crippen LogP contribution is 2.45. The van der Waals surface area contributed by atoms with Gasteiger partial charge in [-0.25, -0.2) is 0 Å². The van der Waals surface area contributed by atoms with Crippen LogP contribution in [0.5, 0.6) is 11.5 Å². The van der Waals surface area contributed by atoms with Crippen molar-refractivity contribution in [2.75, 3.05) is 26.2 Å². The van der Waals surface area contributed by atoms with Crippen LogP contribution in [0.3, 0.4) is 0 Å². The summed E-state index contributed by atoms with van der Waals surface area (Å²) in [7, 11) is 3.71. The van der Waals surface area contributed by atoms with E-state index >= 15 is 0 Å². The molecule has 2 aromatic carbocycles. The van der Waals surface area contributed by atoms with Crippen molar-refractivity contribution in [2.24, 2.45) is 0 Å². The van der Waals surface area contributed by atoms with Crippen molar-refractivity contribution >= 4 is 29.8 Å². The van der Waals surface area contributed by atoms with Crippen molar-refractivity contribution in [1.29, 1.82) is 0 Å². The molecule has 0 aromatic heterocycles. The monoisotopic (exact) mass is 351 g/mol. The van der Waals surface area contributed by atoms with E-state index in [9.17, 15) is 0 Å². The van der Waals surface area contributed by atoms with Crippen LogP contribution in [0.1, 0.15) is 13.8 Å². The van der Waals surface area contributed by atoms with Crippen LogP contribution >= 0.6 is 0 Å². The van der Waals surface area contributed by atoms with Crippen LogP contribution < -0.4 is 24.7 Å². The summed E-state index contributed by atoms with van der Waals surface area (Å²) in [6.07, 6.45) is 0. The number of nitrogens with zero attached hydrogens (tertiary/aromatic N) is 1. The molecule has 0 saturated carbocycles. The molecule has 0 saturated heterocycles. The molecule has 1 spiro atoms. The van der Waals surface area contributed by atoms with Crippen molar-refractivity contribution in [3.8, 4) is 11.5 Å². The Hall–Kier alpha value is -2.20. The molecule has 0 radical (unpaired) electrons. The molecule has 0 unspecified atom stereocenters. The van der Waals surface area contributed by atoms with Gasteiger partial charge in [-0.3, -0.25) is 0 Å². The summed E-state index contributed by atoms with van der Waals surface area (Å²) in [6.45, 7) is 4.58. The van der Waals surface area contributed by atoms with Crippen LogP contribution in [-0.2, 0) is 0 Å². The normalized spacial score (nSPS) is 17.6. The number of methoxy groups -OCH3 is 2. The van der Waals surface area contributed by atoms with Crippen molar-refractivity contribution in [1.82, 2.24) is 0 Å². The molecule has 0 bridgehead atoms. The zero-order valence-corrected chi connectivity index (χ0v) is 16.6. The molecular weight excluding hydrogens is 326 g/mol. The van der Waals surface area contributed by atoms with E-state index < -0.39 is 8.07 Å². The zero-order chi connectivity index (χ0) is 17.8. The summed E-state index contributed by atoms with van der Waals surface area (Å²) in [5.74, 6) is 2.05. The van der Waals surface area contributed by atoms with Crippen molar-refractivity contribution in [2.45, 2.75) is 25.9 Å². The Morgan fingerprint density at radius 2 is 1.24 bits per heavy atom. The first kappa shape index (κ1) is 16.3. The minimum atomic E-state index is -2.03. The largest absolute Gasteiger partial charge is 0.497 e. The second kappa shape index (κ2) is 5.66. The number of rotatable bonds is 2. The van der Waals surface area contributed by atoms with Gasteiger partial charge in [0.15, 0.2) is 0 Å². The molecule has 2 heterocycles. The first-order valence-corrected chi connectivity index (χ1v) is 11.2. The lowest BCUT2D eigenvalue weighted by atomic mass is 10.2. The number of anilines is 2. The molecule has 0 amide bonds. The SMILES string of the molecule is COc1cccc2c1[Si]1(CC(C)=C(C)C1)c1c(OC)cccc1N2C. The van der Waals surface area contributed by atoms with Gasteiger partial charge in [-0.05, 0) is 50.2 Å². The number of hydrogen-bond acceptors (Lipinski definition) is 3. The molecule has 3 nitrogen and oxygen atoms in total. The van der Waals surface area contributed by atoms with Gasteiger partial charge in [0.25, 0.3) is 0 Å². The summed E-state index contributed by atoms with van der Waals surface area (Å²) < 4.78 is 11.7. The average Bonchev–Trinajstić information content (AvgIpc) is 2.93. The topological polar surface area (TPSA) is 21.7 Å². The maximum atomic E-state index is 5.86. The summed E-state index contributed by atoms with van der Waals surface area (Å²) in [4.78, 5) is 2.30. The fourth-order valence-corrected chi connectivity index (χ4v) is 11.1. The first-order valence-electron chi connectivity index (χ1n) is 8.77. The Labute approximate surface area is 150 Å². The van der Waals surface area contributed by atoms with Gasteiger partial charge in [0.1, 0.15) is 19.6 Å². The highest BCUT2D eigenvalue weighted by Gasteiger charge is 2.51. The fraction of sp³-hybridized carbons (Fsp3) is 0.333. The molecule has 2 aliphatic rings. The fourth-order valence-electron chi connectivity index (χ4n) is 4.78. The third kappa shape index (κ3) is 2.10. The lowest BCUT2D eigenvalue weighted by molar-refractivity contribution is 0.416. The van der Waals surface area contributed by atoms with Gasteiger partial charge >= 0.3 is 0 Å². The van der Waals surface area contributed by atoms with Gasteiger partial charge in [0, 0.05) is 28.8 Å². The summed E-state index contributed by atoms with van der Waals surface area (Å²) in [6, 6.07) is 15.2. The smallest absolute Gasteiger partial charge is 0.141 e. The van der Waals surface area contributed by atoms with Crippen LogP contribution in [0, 0.1) is 0 Å². The number of allylic oxidation sites excluding steroid dienone is 2. The third-order valence-electron chi connectivity index (χ3n) is 5.99. The van der Waals surface area contributed by atoms with Gasteiger partial charge in [0.05, 0.1) is 14.2 Å². The molecular formula is C21H25NO2Si. The van der Waals surface area contributed by atoms with Crippen LogP contribution in [0.4, 0.5) is 11.4 Å². The maximum Gasteiger partial charge on any atom is 0.141 e. The number of fused-ring (bicyclic) bond motifs is 4. The Kier molecular flexibility index (Phi) is 3.69. The minimum absolute atomic E-state index is 1.02. The predicted molar refractivity (Wildman–Crippen MR) is 107 cm³/mol. The molecule has 2 aliphatic heterocycles. The predicted octanol–water partition coefficient (Wildman–Crippen LogP) is 3.70. The van der Waals surface area contributed by atoms with E-state index in [1.807, 2.05) is 0 Å². The van der Waals surface area contributed by atoms with Crippen molar-refractivity contribution in [3.05, 3.63) is 47.5 Å². The second-order valence-corrected chi connectivity index (χ2v) is 11.1. The zero-order valence-electron chi connectivity index (χ0n) is 15.6. The molecule has 0 fully saturated rings. The molecule has 130 valence electrons. The number of benzene rings is 2. The number of hydrogen-bond donors (Lipinski definition) is 0. The summed E-state index contributed by atoms with van der Waals surface area (Å²) in [5.41, 5.74) is 5.64. The average molecular weight is 352 g/mol. The van der Waals surface area contributed by atoms with Crippen LogP contribution in [0.15, 0.2) is 47.5 Å². The van der Waals surface area contributed by atoms with Crippen molar-refractivity contribution in [3.63, 3.8) is 0 Å². The van der Waals surface area contributed by atoms with E-state index in [1.54, 1.807) is 14.2 Å². The Balaban J connectivity index is 2.10. The first-order chi connectivity index (χ1) is 12.0. The van der Waals surface area contributed by atoms with Gasteiger partial charge in [-0.2, -0.15) is 0 Å². The highest BCUT2D eigenvalue weighted by atomic mass is 28.3. The Morgan fingerprint density at radius 3 is 1.64 bits per heavy atom. The van der Waals surface area contributed by atoms with E-state index in [0.717, 1.165) is 23.6 Å². The van der Waals surface area contributed by atoms with Gasteiger partial charge in [-0.1, -0.05) is 23.3 Å². The van der Waals surface area contributed by atoms with E-state index in [-0.39, 0.29) is 0 Å². The molecule has 2 aromatic rings. The van der Waals surface area contributed by atoms with E-state index in [0.29, 0.717) is 0 Å². The van der Waals surface area contributed by atoms with E-state index in [4.69, 9.17) is 9.47 Å². The summed E-state index contributed by atoms with van der Waals surface area (Å²) in [5, 5.41) is 2.85. The van der Waals surface area contributed by atoms with Crippen LogP contribution in [0.25, 0.3) is 0 Å². The highest BCUT2D eigenvalue weighted by molar-refractivity contribution is 7.06. The third-order valence-corrected chi connectivity index (χ3v) is 11.2. The van der Waals surface area contributed by atoms with Gasteiger partial charge < -0.3 is 14.4 Å². The number of ether oxygens (including phenoxy) is 2. The maximum absolute atomic E-state index is 5.86. The molecule has 4 rings (SSSR count). The van der Waals surface area contributed by atoms with Crippen LogP contribution in [0.2, 0.25) is 12.1 Å². The standard InChI is InChI=1S/C21H25NO2Si/c1-14-12-25(13-15(14)2)20-16(8-6-10-18(20)23-4)22(3)17-9-7-11-19(24-5)21(17)25/h6-11H,12-13H2,1-5H3. The quantitative estimate of drug-likeness (QED) is 0.608. The van der Waals surface area contributed by atoms with Crippen LogP contribution in [-0.4, -0.2) is 29.3 Å². The molecule has 4 heteroatoms. The van der Waals surface area contributed by atoms with Gasteiger partial charge in [0.2, 0.25) is 0 Å². The van der Waals surface area contributed by atoms with Gasteiger partial charge in [-0.15, -0.1) is 0 Å². The Bertz CT molecular complexity index is 816. The van der Waals surface area contributed by atoms with E-state index in [2.05, 4.69) is 62.2 Å². The lowest BCUT2D eigenvalue weighted by Gasteiger charge is -2.42.